The van der Waals surface area contributed by atoms with Crippen molar-refractivity contribution in [2.45, 2.75) is 52.4 Å². The Morgan fingerprint density at radius 3 is 2.93 bits per heavy atom. The highest BCUT2D eigenvalue weighted by Gasteiger charge is 2.22. The predicted octanol–water partition coefficient (Wildman–Crippen LogP) is 2.14. The lowest BCUT2D eigenvalue weighted by atomic mass is 10.1. The van der Waals surface area contributed by atoms with Gasteiger partial charge >= 0.3 is 0 Å². The van der Waals surface area contributed by atoms with Gasteiger partial charge < -0.3 is 20.1 Å². The zero-order chi connectivity index (χ0) is 20.6. The number of aromatic nitrogens is 3. The number of hydrogen-bond donors (Lipinski definition) is 2. The van der Waals surface area contributed by atoms with Crippen LogP contribution in [0, 0.1) is 5.92 Å². The van der Waals surface area contributed by atoms with Crippen molar-refractivity contribution in [3.63, 3.8) is 0 Å². The van der Waals surface area contributed by atoms with E-state index < -0.39 is 0 Å². The molecule has 2 N–H and O–H groups in total. The number of guanidine groups is 1. The molecule has 1 aliphatic rings. The number of para-hydroxylation sites is 1. The van der Waals surface area contributed by atoms with Gasteiger partial charge in [0.15, 0.2) is 11.8 Å². The van der Waals surface area contributed by atoms with Crippen LogP contribution in [0.1, 0.15) is 37.5 Å². The molecule has 0 fully saturated rings. The van der Waals surface area contributed by atoms with Gasteiger partial charge in [0.2, 0.25) is 0 Å². The number of fused-ring (bicyclic) bond motifs is 1. The zero-order valence-corrected chi connectivity index (χ0v) is 17.8. The summed E-state index contributed by atoms with van der Waals surface area (Å²) in [6.07, 6.45) is 1.87. The number of nitrogens with zero attached hydrogens (tertiary/aromatic N) is 4. The van der Waals surface area contributed by atoms with Crippen molar-refractivity contribution in [2.75, 3.05) is 20.8 Å². The lowest BCUT2D eigenvalue weighted by molar-refractivity contribution is 0.177. The minimum Gasteiger partial charge on any atom is -0.493 e. The van der Waals surface area contributed by atoms with E-state index in [1.807, 2.05) is 22.9 Å². The van der Waals surface area contributed by atoms with Gasteiger partial charge in [-0.25, -0.2) is 9.67 Å². The fraction of sp³-hybridized carbons (Fsp3) is 0.571. The third kappa shape index (κ3) is 5.93. The summed E-state index contributed by atoms with van der Waals surface area (Å²) < 4.78 is 13.1. The molecule has 0 bridgehead atoms. The van der Waals surface area contributed by atoms with E-state index in [1.165, 1.54) is 0 Å². The van der Waals surface area contributed by atoms with Gasteiger partial charge in [0.05, 0.1) is 13.2 Å². The molecule has 29 heavy (non-hydrogen) atoms. The monoisotopic (exact) mass is 400 g/mol. The Morgan fingerprint density at radius 1 is 1.34 bits per heavy atom. The Bertz CT molecular complexity index is 817. The van der Waals surface area contributed by atoms with E-state index in [-0.39, 0.29) is 6.04 Å². The minimum absolute atomic E-state index is 0.248. The summed E-state index contributed by atoms with van der Waals surface area (Å²) in [5.74, 6) is 3.94. The molecule has 1 unspecified atom stereocenters. The Morgan fingerprint density at radius 2 is 2.17 bits per heavy atom. The molecule has 0 amide bonds. The van der Waals surface area contributed by atoms with E-state index in [4.69, 9.17) is 9.47 Å². The summed E-state index contributed by atoms with van der Waals surface area (Å²) in [4.78, 5) is 8.91. The summed E-state index contributed by atoms with van der Waals surface area (Å²) in [5.41, 5.74) is 1.11. The Hall–Kier alpha value is -2.61. The molecule has 158 valence electrons. The smallest absolute Gasteiger partial charge is 0.191 e. The number of benzene rings is 1. The topological polar surface area (TPSA) is 85.6 Å². The quantitative estimate of drug-likeness (QED) is 0.522. The molecule has 1 aromatic carbocycles. The van der Waals surface area contributed by atoms with Gasteiger partial charge in [0, 0.05) is 38.7 Å². The van der Waals surface area contributed by atoms with Crippen LogP contribution in [0.15, 0.2) is 29.3 Å². The molecule has 2 aromatic rings. The standard InChI is InChI=1S/C21H32N6O2/c1-15(2)13-29-18-8-6-5-7-16(18)11-23-21(22-3)24-17-9-10-20-25-19(14-28-4)26-27(20)12-17/h5-8,15,17H,9-14H2,1-4H3,(H2,22,23,24). The van der Waals surface area contributed by atoms with E-state index in [9.17, 15) is 0 Å². The van der Waals surface area contributed by atoms with Crippen molar-refractivity contribution in [1.82, 2.24) is 25.4 Å². The summed E-state index contributed by atoms with van der Waals surface area (Å²) in [7, 11) is 3.45. The molecule has 8 heteroatoms. The lowest BCUT2D eigenvalue weighted by Gasteiger charge is -2.25. The van der Waals surface area contributed by atoms with E-state index in [0.717, 1.165) is 48.3 Å². The first-order chi connectivity index (χ1) is 14.1. The van der Waals surface area contributed by atoms with Gasteiger partial charge in [-0.3, -0.25) is 4.99 Å². The number of rotatable bonds is 8. The van der Waals surface area contributed by atoms with Crippen LogP contribution in [0.3, 0.4) is 0 Å². The van der Waals surface area contributed by atoms with Crippen LogP contribution in [0.2, 0.25) is 0 Å². The molecule has 2 heterocycles. The first kappa shape index (κ1) is 21.1. The van der Waals surface area contributed by atoms with Crippen molar-refractivity contribution < 1.29 is 9.47 Å². The SMILES string of the molecule is CN=C(NCc1ccccc1OCC(C)C)NC1CCc2nc(COC)nn2C1. The second kappa shape index (κ2) is 10.2. The van der Waals surface area contributed by atoms with Crippen molar-refractivity contribution in [2.24, 2.45) is 10.9 Å². The molecule has 8 nitrogen and oxygen atoms in total. The summed E-state index contributed by atoms with van der Waals surface area (Å²) >= 11 is 0. The van der Waals surface area contributed by atoms with Crippen LogP contribution >= 0.6 is 0 Å². The third-order valence-corrected chi connectivity index (χ3v) is 4.73. The minimum atomic E-state index is 0.248. The van der Waals surface area contributed by atoms with Crippen molar-refractivity contribution in [3.8, 4) is 5.75 Å². The van der Waals surface area contributed by atoms with E-state index >= 15 is 0 Å². The van der Waals surface area contributed by atoms with Crippen molar-refractivity contribution in [1.29, 1.82) is 0 Å². The number of aryl methyl sites for hydroxylation is 1. The normalized spacial score (nSPS) is 16.6. The molecule has 3 rings (SSSR count). The van der Waals surface area contributed by atoms with Crippen LogP contribution in [0.4, 0.5) is 0 Å². The molecule has 0 radical (unpaired) electrons. The van der Waals surface area contributed by atoms with Gasteiger partial charge in [-0.15, -0.1) is 0 Å². The van der Waals surface area contributed by atoms with Crippen LogP contribution in [-0.2, 0) is 30.9 Å². The van der Waals surface area contributed by atoms with Crippen molar-refractivity contribution in [3.05, 3.63) is 41.5 Å². The Labute approximate surface area is 172 Å². The van der Waals surface area contributed by atoms with Crippen LogP contribution in [-0.4, -0.2) is 47.5 Å². The maximum atomic E-state index is 5.95. The first-order valence-corrected chi connectivity index (χ1v) is 10.2. The second-order valence-electron chi connectivity index (χ2n) is 7.68. The molecular weight excluding hydrogens is 368 g/mol. The number of nitrogens with one attached hydrogen (secondary N) is 2. The lowest BCUT2D eigenvalue weighted by Crippen LogP contribution is -2.46. The van der Waals surface area contributed by atoms with Crippen LogP contribution in [0.25, 0.3) is 0 Å². The maximum absolute atomic E-state index is 5.95. The number of hydrogen-bond acceptors (Lipinski definition) is 5. The molecular formula is C21H32N6O2. The van der Waals surface area contributed by atoms with Crippen LogP contribution < -0.4 is 15.4 Å². The molecule has 1 atom stereocenters. The predicted molar refractivity (Wildman–Crippen MR) is 113 cm³/mol. The van der Waals surface area contributed by atoms with E-state index in [2.05, 4.69) is 45.6 Å². The highest BCUT2D eigenvalue weighted by molar-refractivity contribution is 5.80. The first-order valence-electron chi connectivity index (χ1n) is 10.2. The Balaban J connectivity index is 1.55. The largest absolute Gasteiger partial charge is 0.493 e. The number of ether oxygens (including phenoxy) is 2. The second-order valence-corrected chi connectivity index (χ2v) is 7.68. The molecule has 0 saturated carbocycles. The molecule has 0 saturated heterocycles. The fourth-order valence-electron chi connectivity index (χ4n) is 3.28. The number of aliphatic imine (C=N–C) groups is 1. The average Bonchev–Trinajstić information content (AvgIpc) is 3.12. The summed E-state index contributed by atoms with van der Waals surface area (Å²) in [6.45, 7) is 6.86. The van der Waals surface area contributed by atoms with Crippen molar-refractivity contribution >= 4 is 5.96 Å². The average molecular weight is 401 g/mol. The molecule has 0 spiro atoms. The highest BCUT2D eigenvalue weighted by Crippen LogP contribution is 2.18. The summed E-state index contributed by atoms with van der Waals surface area (Å²) in [6, 6.07) is 8.37. The third-order valence-electron chi connectivity index (χ3n) is 4.73. The highest BCUT2D eigenvalue weighted by atomic mass is 16.5. The molecule has 1 aliphatic heterocycles. The van der Waals surface area contributed by atoms with Gasteiger partial charge in [0.1, 0.15) is 18.2 Å². The fourth-order valence-corrected chi connectivity index (χ4v) is 3.28. The van der Waals surface area contributed by atoms with Gasteiger partial charge in [-0.1, -0.05) is 32.0 Å². The maximum Gasteiger partial charge on any atom is 0.191 e. The zero-order valence-electron chi connectivity index (χ0n) is 17.8. The van der Waals surface area contributed by atoms with E-state index in [0.29, 0.717) is 25.7 Å². The Kier molecular flexibility index (Phi) is 7.46. The van der Waals surface area contributed by atoms with E-state index in [1.54, 1.807) is 14.2 Å². The summed E-state index contributed by atoms with van der Waals surface area (Å²) in [5, 5.41) is 11.4. The molecule has 1 aromatic heterocycles. The van der Waals surface area contributed by atoms with Gasteiger partial charge in [-0.2, -0.15) is 5.10 Å². The van der Waals surface area contributed by atoms with Crippen LogP contribution in [0.5, 0.6) is 5.75 Å². The molecule has 0 aliphatic carbocycles. The number of methoxy groups -OCH3 is 1. The van der Waals surface area contributed by atoms with Gasteiger partial charge in [-0.05, 0) is 18.4 Å². The van der Waals surface area contributed by atoms with Gasteiger partial charge in [0.25, 0.3) is 0 Å².